The van der Waals surface area contributed by atoms with Crippen molar-refractivity contribution in [2.24, 2.45) is 0 Å². The van der Waals surface area contributed by atoms with Gasteiger partial charge in [0.1, 0.15) is 17.5 Å². The average molecular weight is 511 g/mol. The number of halogens is 3. The van der Waals surface area contributed by atoms with Gasteiger partial charge in [-0.2, -0.15) is 13.2 Å². The van der Waals surface area contributed by atoms with Crippen molar-refractivity contribution in [1.29, 1.82) is 0 Å². The number of likely N-dealkylation sites (N-methyl/N-ethyl adjacent to an activating group) is 1. The molecule has 2 N–H and O–H groups in total. The Labute approximate surface area is 215 Å². The molecule has 0 radical (unpaired) electrons. The zero-order valence-corrected chi connectivity index (χ0v) is 21.5. The molecule has 6 nitrogen and oxygen atoms in total. The van der Waals surface area contributed by atoms with Crippen molar-refractivity contribution in [1.82, 2.24) is 20.3 Å². The zero-order chi connectivity index (χ0) is 26.2. The van der Waals surface area contributed by atoms with Gasteiger partial charge in [-0.1, -0.05) is 32.0 Å². The van der Waals surface area contributed by atoms with Crippen molar-refractivity contribution < 1.29 is 13.2 Å². The zero-order valence-electron chi connectivity index (χ0n) is 21.5. The first-order valence-corrected chi connectivity index (χ1v) is 12.9. The van der Waals surface area contributed by atoms with E-state index in [2.05, 4.69) is 47.7 Å². The lowest BCUT2D eigenvalue weighted by molar-refractivity contribution is -0.137. The second-order valence-electron chi connectivity index (χ2n) is 10.4. The standard InChI is InChI=1S/C28H33F3N6/c1-18(2)24-34-22-11-16-37(26-21(28(29,30)31)8-6-14-33-26)15-10-19(22)25(36-24)35-23-9-5-4-7-20(23)27(12-13-27)17-32-3/h4-9,14,18,32H,10-13,15-17H2,1-3H3,(H,34,35,36). The highest BCUT2D eigenvalue weighted by Gasteiger charge is 2.45. The van der Waals surface area contributed by atoms with Crippen molar-refractivity contribution >= 4 is 17.3 Å². The molecule has 1 fully saturated rings. The van der Waals surface area contributed by atoms with Gasteiger partial charge < -0.3 is 15.5 Å². The van der Waals surface area contributed by atoms with E-state index in [0.29, 0.717) is 25.9 Å². The molecule has 0 unspecified atom stereocenters. The molecule has 1 aliphatic heterocycles. The molecule has 2 aromatic heterocycles. The fourth-order valence-corrected chi connectivity index (χ4v) is 5.27. The maximum atomic E-state index is 13.7. The van der Waals surface area contributed by atoms with Gasteiger partial charge >= 0.3 is 6.18 Å². The summed E-state index contributed by atoms with van der Waals surface area (Å²) < 4.78 is 41.1. The van der Waals surface area contributed by atoms with Gasteiger partial charge in [0.15, 0.2) is 0 Å². The summed E-state index contributed by atoms with van der Waals surface area (Å²) in [6.07, 6.45) is 0.260. The summed E-state index contributed by atoms with van der Waals surface area (Å²) in [6.45, 7) is 5.82. The molecule has 9 heteroatoms. The largest absolute Gasteiger partial charge is 0.419 e. The lowest BCUT2D eigenvalue weighted by atomic mass is 9.94. The highest BCUT2D eigenvalue weighted by molar-refractivity contribution is 5.67. The van der Waals surface area contributed by atoms with E-state index >= 15 is 0 Å². The van der Waals surface area contributed by atoms with Gasteiger partial charge in [-0.25, -0.2) is 15.0 Å². The van der Waals surface area contributed by atoms with E-state index in [9.17, 15) is 13.2 Å². The minimum absolute atomic E-state index is 0.0255. The van der Waals surface area contributed by atoms with Crippen LogP contribution >= 0.6 is 0 Å². The molecule has 3 aromatic rings. The fraction of sp³-hybridized carbons (Fsp3) is 0.464. The average Bonchev–Trinajstić information content (AvgIpc) is 3.68. The molecule has 196 valence electrons. The van der Waals surface area contributed by atoms with Gasteiger partial charge in [0.2, 0.25) is 0 Å². The number of hydrogen-bond donors (Lipinski definition) is 2. The lowest BCUT2D eigenvalue weighted by Crippen LogP contribution is -2.29. The highest BCUT2D eigenvalue weighted by Crippen LogP contribution is 2.50. The number of fused-ring (bicyclic) bond motifs is 1. The van der Waals surface area contributed by atoms with Gasteiger partial charge in [-0.15, -0.1) is 0 Å². The third kappa shape index (κ3) is 5.14. The molecule has 0 saturated heterocycles. The van der Waals surface area contributed by atoms with Crippen molar-refractivity contribution in [2.75, 3.05) is 36.9 Å². The molecule has 1 aromatic carbocycles. The fourth-order valence-electron chi connectivity index (χ4n) is 5.27. The van der Waals surface area contributed by atoms with Crippen LogP contribution in [0.3, 0.4) is 0 Å². The number of para-hydroxylation sites is 1. The topological polar surface area (TPSA) is 66.0 Å². The van der Waals surface area contributed by atoms with Crippen LogP contribution in [0, 0.1) is 0 Å². The number of anilines is 3. The van der Waals surface area contributed by atoms with Crippen LogP contribution in [0.15, 0.2) is 42.6 Å². The molecule has 1 aliphatic carbocycles. The molecule has 5 rings (SSSR count). The van der Waals surface area contributed by atoms with Crippen LogP contribution in [0.4, 0.5) is 30.5 Å². The van der Waals surface area contributed by atoms with Crippen LogP contribution in [0.25, 0.3) is 0 Å². The first kappa shape index (κ1) is 25.4. The van der Waals surface area contributed by atoms with Crippen LogP contribution in [-0.2, 0) is 24.4 Å². The van der Waals surface area contributed by atoms with Crippen molar-refractivity contribution in [3.8, 4) is 0 Å². The number of benzene rings is 1. The van der Waals surface area contributed by atoms with E-state index in [1.807, 2.05) is 13.1 Å². The van der Waals surface area contributed by atoms with Crippen LogP contribution in [-0.4, -0.2) is 41.6 Å². The summed E-state index contributed by atoms with van der Waals surface area (Å²) in [5, 5.41) is 6.96. The van der Waals surface area contributed by atoms with Crippen molar-refractivity contribution in [2.45, 2.75) is 57.0 Å². The van der Waals surface area contributed by atoms with Crippen LogP contribution in [0.1, 0.15) is 60.8 Å². The molecular formula is C28H33F3N6. The minimum atomic E-state index is -4.46. The van der Waals surface area contributed by atoms with E-state index in [1.165, 1.54) is 17.8 Å². The molecule has 3 heterocycles. The SMILES string of the molecule is CNCC1(c2ccccc2Nc2nc(C(C)C)nc3c2CCN(c2ncccc2C(F)(F)F)CC3)CC1. The number of aromatic nitrogens is 3. The van der Waals surface area contributed by atoms with Gasteiger partial charge in [0.25, 0.3) is 0 Å². The van der Waals surface area contributed by atoms with Crippen molar-refractivity contribution in [3.05, 3.63) is 70.8 Å². The predicted octanol–water partition coefficient (Wildman–Crippen LogP) is 5.61. The third-order valence-electron chi connectivity index (χ3n) is 7.39. The Balaban J connectivity index is 1.50. The van der Waals surface area contributed by atoms with E-state index in [0.717, 1.165) is 54.0 Å². The lowest BCUT2D eigenvalue weighted by Gasteiger charge is -2.24. The van der Waals surface area contributed by atoms with Gasteiger partial charge in [-0.3, -0.25) is 0 Å². The second-order valence-corrected chi connectivity index (χ2v) is 10.4. The predicted molar refractivity (Wildman–Crippen MR) is 140 cm³/mol. The minimum Gasteiger partial charge on any atom is -0.355 e. The first-order valence-electron chi connectivity index (χ1n) is 12.9. The number of rotatable bonds is 7. The van der Waals surface area contributed by atoms with Gasteiger partial charge in [-0.05, 0) is 50.1 Å². The number of hydrogen-bond acceptors (Lipinski definition) is 6. The highest BCUT2D eigenvalue weighted by atomic mass is 19.4. The quantitative estimate of drug-likeness (QED) is 0.431. The number of nitrogens with zero attached hydrogens (tertiary/aromatic N) is 4. The molecule has 0 atom stereocenters. The Kier molecular flexibility index (Phi) is 6.83. The number of nitrogens with one attached hydrogen (secondary N) is 2. The first-order chi connectivity index (χ1) is 17.7. The summed E-state index contributed by atoms with van der Waals surface area (Å²) >= 11 is 0. The number of alkyl halides is 3. The van der Waals surface area contributed by atoms with Crippen molar-refractivity contribution in [3.63, 3.8) is 0 Å². The summed E-state index contributed by atoms with van der Waals surface area (Å²) in [6, 6.07) is 10.8. The Morgan fingerprint density at radius 3 is 2.49 bits per heavy atom. The summed E-state index contributed by atoms with van der Waals surface area (Å²) in [5.41, 5.74) is 3.55. The van der Waals surface area contributed by atoms with Crippen LogP contribution in [0.2, 0.25) is 0 Å². The summed E-state index contributed by atoms with van der Waals surface area (Å²) in [7, 11) is 1.98. The monoisotopic (exact) mass is 510 g/mol. The number of pyridine rings is 1. The summed E-state index contributed by atoms with van der Waals surface area (Å²) in [5.74, 6) is 1.58. The van der Waals surface area contributed by atoms with E-state index in [4.69, 9.17) is 9.97 Å². The molecule has 1 saturated carbocycles. The Morgan fingerprint density at radius 2 is 1.78 bits per heavy atom. The van der Waals surface area contributed by atoms with E-state index in [-0.39, 0.29) is 17.2 Å². The second kappa shape index (κ2) is 9.93. The van der Waals surface area contributed by atoms with Gasteiger partial charge in [0.05, 0.1) is 11.3 Å². The Hall–Kier alpha value is -3.20. The summed E-state index contributed by atoms with van der Waals surface area (Å²) in [4.78, 5) is 15.6. The smallest absolute Gasteiger partial charge is 0.355 e. The third-order valence-corrected chi connectivity index (χ3v) is 7.39. The normalized spacial score (nSPS) is 16.9. The van der Waals surface area contributed by atoms with E-state index < -0.39 is 11.7 Å². The Morgan fingerprint density at radius 1 is 1.03 bits per heavy atom. The van der Waals surface area contributed by atoms with Gasteiger partial charge in [0, 0.05) is 54.8 Å². The molecular weight excluding hydrogens is 477 g/mol. The maximum absolute atomic E-state index is 13.7. The Bertz CT molecular complexity index is 1270. The molecule has 37 heavy (non-hydrogen) atoms. The molecule has 0 spiro atoms. The maximum Gasteiger partial charge on any atom is 0.419 e. The molecule has 0 amide bonds. The molecule has 2 aliphatic rings. The molecule has 0 bridgehead atoms. The van der Waals surface area contributed by atoms with Crippen LogP contribution in [0.5, 0.6) is 0 Å². The van der Waals surface area contributed by atoms with Crippen LogP contribution < -0.4 is 15.5 Å². The van der Waals surface area contributed by atoms with E-state index in [1.54, 1.807) is 4.90 Å².